The lowest BCUT2D eigenvalue weighted by Crippen LogP contribution is -2.28. The van der Waals surface area contributed by atoms with Crippen LogP contribution in [0.3, 0.4) is 0 Å². The van der Waals surface area contributed by atoms with E-state index in [1.54, 1.807) is 30.5 Å². The van der Waals surface area contributed by atoms with Crippen LogP contribution in [0, 0.1) is 0 Å². The quantitative estimate of drug-likeness (QED) is 0.293. The molecule has 0 aliphatic heterocycles. The molecule has 3 aromatic rings. The lowest BCUT2D eigenvalue weighted by molar-refractivity contribution is 0.0947. The van der Waals surface area contributed by atoms with Crippen LogP contribution in [-0.2, 0) is 0 Å². The summed E-state index contributed by atoms with van der Waals surface area (Å²) in [5.74, 6) is 0.880. The van der Waals surface area contributed by atoms with Crippen LogP contribution in [0.15, 0.2) is 59.7 Å². The number of amides is 1. The smallest absolute Gasteiger partial charge is 0.251 e. The van der Waals surface area contributed by atoms with Crippen molar-refractivity contribution in [2.45, 2.75) is 7.43 Å². The minimum Gasteiger partial charge on any atom is -0.492 e. The third kappa shape index (κ3) is 5.10. The zero-order valence-corrected chi connectivity index (χ0v) is 14.6. The molecule has 0 saturated heterocycles. The fourth-order valence-electron chi connectivity index (χ4n) is 2.53. The number of carbonyl (C=O) groups is 1. The van der Waals surface area contributed by atoms with Gasteiger partial charge in [0.25, 0.3) is 5.91 Å². The van der Waals surface area contributed by atoms with E-state index in [0.29, 0.717) is 36.0 Å². The van der Waals surface area contributed by atoms with Crippen LogP contribution >= 0.6 is 0 Å². The van der Waals surface area contributed by atoms with Gasteiger partial charge >= 0.3 is 0 Å². The summed E-state index contributed by atoms with van der Waals surface area (Å²) in [4.78, 5) is 20.1. The number of carbonyl (C=O) groups excluding carboxylic acids is 1. The number of anilines is 1. The lowest BCUT2D eigenvalue weighted by Gasteiger charge is -2.09. The minimum absolute atomic E-state index is 0. The number of hydrogen-bond donors (Lipinski definition) is 4. The zero-order valence-electron chi connectivity index (χ0n) is 14.6. The predicted molar refractivity (Wildman–Crippen MR) is 113 cm³/mol. The highest BCUT2D eigenvalue weighted by atomic mass is 16.5. The van der Waals surface area contributed by atoms with Crippen LogP contribution < -0.4 is 27.3 Å². The molecule has 0 spiro atoms. The van der Waals surface area contributed by atoms with E-state index in [4.69, 9.17) is 21.9 Å². The second kappa shape index (κ2) is 9.22. The normalized spacial score (nSPS) is 10.0. The molecule has 146 valence electrons. The fraction of sp³-hybridized carbons (Fsp3) is 0.150. The molecule has 1 heterocycles. The van der Waals surface area contributed by atoms with Crippen molar-refractivity contribution < 1.29 is 9.53 Å². The molecule has 0 unspecified atom stereocenters. The molecule has 0 radical (unpaired) electrons. The first-order chi connectivity index (χ1) is 13.0. The second-order valence-corrected chi connectivity index (χ2v) is 5.77. The number of rotatable bonds is 6. The van der Waals surface area contributed by atoms with Crippen LogP contribution in [0.1, 0.15) is 17.8 Å². The van der Waals surface area contributed by atoms with Crippen molar-refractivity contribution in [3.63, 3.8) is 0 Å². The summed E-state index contributed by atoms with van der Waals surface area (Å²) in [7, 11) is 0. The molecule has 8 heteroatoms. The molecule has 0 atom stereocenters. The summed E-state index contributed by atoms with van der Waals surface area (Å²) in [6.45, 7) is 0.679. The van der Waals surface area contributed by atoms with Gasteiger partial charge in [-0.1, -0.05) is 13.5 Å². The number of nitrogens with two attached hydrogens (primary N) is 3. The Labute approximate surface area is 163 Å². The number of benzene rings is 2. The van der Waals surface area contributed by atoms with E-state index in [1.807, 2.05) is 24.3 Å². The average Bonchev–Trinajstić information content (AvgIpc) is 2.66. The van der Waals surface area contributed by atoms with Crippen LogP contribution in [0.4, 0.5) is 11.5 Å². The van der Waals surface area contributed by atoms with Crippen molar-refractivity contribution in [3.8, 4) is 5.75 Å². The molecule has 2 aromatic carbocycles. The summed E-state index contributed by atoms with van der Waals surface area (Å²) in [6, 6.07) is 14.1. The van der Waals surface area contributed by atoms with Crippen LogP contribution in [0.25, 0.3) is 10.8 Å². The first kappa shape index (κ1) is 20.5. The predicted octanol–water partition coefficient (Wildman–Crippen LogP) is 2.17. The molecule has 1 amide bonds. The first-order valence-corrected chi connectivity index (χ1v) is 8.28. The standard InChI is InChI=1S/C19H20N6O2.CH4/c20-17-16-11-15(6-3-12(16)7-8-23-17)27-10-9-24-18(26)13-1-4-14(5-2-13)25-19(21)22;/h1-8,11H,9-10H2,(H2,20,23)(H,24,26)(H4,21,22,25);1H4. The van der Waals surface area contributed by atoms with Gasteiger partial charge in [-0.2, -0.15) is 0 Å². The molecule has 1 aromatic heterocycles. The average molecular weight is 380 g/mol. The second-order valence-electron chi connectivity index (χ2n) is 5.77. The van der Waals surface area contributed by atoms with Crippen molar-refractivity contribution >= 4 is 34.1 Å². The Balaban J connectivity index is 0.00000280. The molecular formula is C20H24N6O2. The Hall–Kier alpha value is -3.81. The zero-order chi connectivity index (χ0) is 19.2. The van der Waals surface area contributed by atoms with Crippen LogP contribution in [0.2, 0.25) is 0 Å². The third-order valence-corrected chi connectivity index (χ3v) is 3.81. The molecule has 0 aliphatic carbocycles. The molecule has 7 N–H and O–H groups in total. The van der Waals surface area contributed by atoms with E-state index in [1.165, 1.54) is 0 Å². The number of guanidine groups is 1. The van der Waals surface area contributed by atoms with E-state index >= 15 is 0 Å². The summed E-state index contributed by atoms with van der Waals surface area (Å²) >= 11 is 0. The molecule has 3 rings (SSSR count). The molecule has 0 saturated carbocycles. The third-order valence-electron chi connectivity index (χ3n) is 3.81. The first-order valence-electron chi connectivity index (χ1n) is 8.28. The van der Waals surface area contributed by atoms with Crippen LogP contribution in [0.5, 0.6) is 5.75 Å². The summed E-state index contributed by atoms with van der Waals surface area (Å²) in [5.41, 5.74) is 17.6. The van der Waals surface area contributed by atoms with Crippen molar-refractivity contribution in [1.29, 1.82) is 0 Å². The van der Waals surface area contributed by atoms with Crippen molar-refractivity contribution in [2.75, 3.05) is 18.9 Å². The van der Waals surface area contributed by atoms with Gasteiger partial charge < -0.3 is 27.3 Å². The number of fused-ring (bicyclic) bond motifs is 1. The highest BCUT2D eigenvalue weighted by molar-refractivity contribution is 5.94. The van der Waals surface area contributed by atoms with Crippen molar-refractivity contribution in [1.82, 2.24) is 10.3 Å². The number of aromatic nitrogens is 1. The molecule has 8 nitrogen and oxygen atoms in total. The van der Waals surface area contributed by atoms with Gasteiger partial charge in [-0.05, 0) is 47.9 Å². The highest BCUT2D eigenvalue weighted by Crippen LogP contribution is 2.23. The Kier molecular flexibility index (Phi) is 6.75. The lowest BCUT2D eigenvalue weighted by atomic mass is 10.1. The van der Waals surface area contributed by atoms with E-state index < -0.39 is 0 Å². The number of nitrogen functional groups attached to an aromatic ring is 1. The number of aliphatic imine (C=N–C) groups is 1. The van der Waals surface area contributed by atoms with Gasteiger partial charge in [0.2, 0.25) is 0 Å². The summed E-state index contributed by atoms with van der Waals surface area (Å²) in [6.07, 6.45) is 1.66. The van der Waals surface area contributed by atoms with Crippen LogP contribution in [-0.4, -0.2) is 30.0 Å². The maximum atomic E-state index is 12.1. The molecular weight excluding hydrogens is 356 g/mol. The van der Waals surface area contributed by atoms with Crippen molar-refractivity contribution in [3.05, 3.63) is 60.3 Å². The Bertz CT molecular complexity index is 982. The van der Waals surface area contributed by atoms with E-state index in [-0.39, 0.29) is 19.3 Å². The van der Waals surface area contributed by atoms with Gasteiger partial charge in [-0.3, -0.25) is 4.79 Å². The monoisotopic (exact) mass is 380 g/mol. The number of hydrogen-bond acceptors (Lipinski definition) is 5. The maximum Gasteiger partial charge on any atom is 0.251 e. The number of ether oxygens (including phenoxy) is 1. The molecule has 28 heavy (non-hydrogen) atoms. The number of pyridine rings is 1. The van der Waals surface area contributed by atoms with Crippen molar-refractivity contribution in [2.24, 2.45) is 16.5 Å². The summed E-state index contributed by atoms with van der Waals surface area (Å²) < 4.78 is 5.67. The largest absolute Gasteiger partial charge is 0.492 e. The topological polar surface area (TPSA) is 142 Å². The van der Waals surface area contributed by atoms with E-state index in [2.05, 4.69) is 15.3 Å². The molecule has 0 fully saturated rings. The number of nitrogens with zero attached hydrogens (tertiary/aromatic N) is 2. The van der Waals surface area contributed by atoms with Gasteiger partial charge in [-0.25, -0.2) is 9.98 Å². The molecule has 0 aliphatic rings. The Morgan fingerprint density at radius 2 is 1.86 bits per heavy atom. The minimum atomic E-state index is -0.207. The van der Waals surface area contributed by atoms with Gasteiger partial charge in [0.1, 0.15) is 18.2 Å². The van der Waals surface area contributed by atoms with Gasteiger partial charge in [0.15, 0.2) is 5.96 Å². The van der Waals surface area contributed by atoms with E-state index in [9.17, 15) is 4.79 Å². The maximum absolute atomic E-state index is 12.1. The summed E-state index contributed by atoms with van der Waals surface area (Å²) in [5, 5.41) is 4.62. The van der Waals surface area contributed by atoms with E-state index in [0.717, 1.165) is 10.8 Å². The fourth-order valence-corrected chi connectivity index (χ4v) is 2.53. The Morgan fingerprint density at radius 3 is 2.57 bits per heavy atom. The highest BCUT2D eigenvalue weighted by Gasteiger charge is 2.05. The molecule has 0 bridgehead atoms. The number of nitrogens with one attached hydrogen (secondary N) is 1. The Morgan fingerprint density at radius 1 is 1.11 bits per heavy atom. The van der Waals surface area contributed by atoms with Gasteiger partial charge in [0.05, 0.1) is 12.2 Å². The van der Waals surface area contributed by atoms with Gasteiger partial charge in [0, 0.05) is 17.1 Å². The van der Waals surface area contributed by atoms with Gasteiger partial charge in [-0.15, -0.1) is 0 Å². The SMILES string of the molecule is C.NC(N)=Nc1ccc(C(=O)NCCOc2ccc3ccnc(N)c3c2)cc1.